The minimum atomic E-state index is -3.54. The van der Waals surface area contributed by atoms with Gasteiger partial charge in [0.2, 0.25) is 14.3 Å². The average Bonchev–Trinajstić information content (AvgIpc) is 3.71. The minimum absolute atomic E-state index is 0.114. The molecule has 2 amide bonds. The fraction of sp³-hybridized carbons (Fsp3) is 0.325. The zero-order valence-electron chi connectivity index (χ0n) is 29.7. The van der Waals surface area contributed by atoms with Gasteiger partial charge >= 0.3 is 0 Å². The number of para-hydroxylation sites is 1. The highest BCUT2D eigenvalue weighted by atomic mass is 28.4. The van der Waals surface area contributed by atoms with Crippen molar-refractivity contribution in [1.82, 2.24) is 14.7 Å². The molecule has 0 saturated carbocycles. The van der Waals surface area contributed by atoms with E-state index in [1.807, 2.05) is 85.8 Å². The molecule has 2 aliphatic heterocycles. The zero-order valence-corrected chi connectivity index (χ0v) is 30.7. The molecule has 1 saturated heterocycles. The number of methoxy groups -OCH3 is 1. The van der Waals surface area contributed by atoms with Crippen LogP contribution < -0.4 is 15.2 Å². The average molecular weight is 723 g/mol. The van der Waals surface area contributed by atoms with Gasteiger partial charge in [-0.1, -0.05) is 61.5 Å². The molecule has 2 N–H and O–H groups in total. The highest BCUT2D eigenvalue weighted by Gasteiger charge is 2.67. The summed E-state index contributed by atoms with van der Waals surface area (Å²) in [6.45, 7) is 5.44. The van der Waals surface area contributed by atoms with Gasteiger partial charge in [-0.3, -0.25) is 19.5 Å². The topological polar surface area (TPSA) is 117 Å². The summed E-state index contributed by atoms with van der Waals surface area (Å²) < 4.78 is 30.4. The monoisotopic (exact) mass is 722 g/mol. The van der Waals surface area contributed by atoms with Crippen LogP contribution in [0, 0.1) is 5.92 Å². The first-order chi connectivity index (χ1) is 25.0. The summed E-state index contributed by atoms with van der Waals surface area (Å²) in [5, 5.41) is 13.6. The SMILES string of the molecule is COc1ccc2c(c1)[C@@]1(O[C@H](CC(=O)N(CCO)Cc3ccccc3)[C@@H]([Si](C)(C)F)[C@@H]1C)C(=O)N2Cc1ccc(-n2[nH]c3ccccc3c2=O)cc1. The maximum Gasteiger partial charge on any atom is 0.279 e. The molecule has 12 heteroatoms. The molecule has 0 bridgehead atoms. The van der Waals surface area contributed by atoms with Gasteiger partial charge in [-0.15, -0.1) is 0 Å². The Morgan fingerprint density at radius 3 is 2.38 bits per heavy atom. The molecule has 52 heavy (non-hydrogen) atoms. The third kappa shape index (κ3) is 6.14. The summed E-state index contributed by atoms with van der Waals surface area (Å²) in [6, 6.07) is 29.6. The molecule has 4 atom stereocenters. The van der Waals surface area contributed by atoms with Gasteiger partial charge in [-0.25, -0.2) is 4.68 Å². The number of benzene rings is 4. The molecule has 7 rings (SSSR count). The van der Waals surface area contributed by atoms with Crippen LogP contribution in [0.25, 0.3) is 16.6 Å². The van der Waals surface area contributed by atoms with Gasteiger partial charge in [-0.2, -0.15) is 0 Å². The molecular weight excluding hydrogens is 680 g/mol. The number of aliphatic hydroxyl groups is 1. The van der Waals surface area contributed by atoms with Crippen LogP contribution in [-0.2, 0) is 33.0 Å². The molecule has 2 aliphatic rings. The largest absolute Gasteiger partial charge is 0.497 e. The molecular formula is C40H43FN4O6Si. The fourth-order valence-electron chi connectivity index (χ4n) is 8.20. The Hall–Kier alpha value is -5.04. The van der Waals surface area contributed by atoms with Crippen molar-refractivity contribution in [3.8, 4) is 11.4 Å². The Morgan fingerprint density at radius 1 is 1.00 bits per heavy atom. The van der Waals surface area contributed by atoms with Crippen LogP contribution in [-0.4, -0.2) is 66.4 Å². The summed E-state index contributed by atoms with van der Waals surface area (Å²) in [6.07, 6.45) is -1.01. The highest BCUT2D eigenvalue weighted by molar-refractivity contribution is 6.72. The van der Waals surface area contributed by atoms with E-state index in [-0.39, 0.29) is 50.0 Å². The third-order valence-electron chi connectivity index (χ3n) is 10.6. The van der Waals surface area contributed by atoms with E-state index in [1.165, 1.54) is 4.68 Å². The lowest BCUT2D eigenvalue weighted by Crippen LogP contribution is -2.45. The Balaban J connectivity index is 1.21. The fourth-order valence-corrected chi connectivity index (χ4v) is 10.7. The number of hydrogen-bond acceptors (Lipinski definition) is 6. The molecule has 270 valence electrons. The summed E-state index contributed by atoms with van der Waals surface area (Å²) in [5.74, 6) is -0.676. The van der Waals surface area contributed by atoms with Gasteiger partial charge < -0.3 is 28.5 Å². The minimum Gasteiger partial charge on any atom is -0.497 e. The number of nitrogens with one attached hydrogen (secondary N) is 1. The number of hydrogen-bond donors (Lipinski definition) is 2. The molecule has 1 spiro atoms. The van der Waals surface area contributed by atoms with Crippen molar-refractivity contribution < 1.29 is 28.3 Å². The quantitative estimate of drug-likeness (QED) is 0.127. The lowest BCUT2D eigenvalue weighted by atomic mass is 9.82. The molecule has 0 unspecified atom stereocenters. The maximum absolute atomic E-state index is 16.5. The van der Waals surface area contributed by atoms with Crippen molar-refractivity contribution in [2.45, 2.75) is 56.8 Å². The van der Waals surface area contributed by atoms with Gasteiger partial charge in [0.05, 0.1) is 55.1 Å². The summed E-state index contributed by atoms with van der Waals surface area (Å²) >= 11 is 0. The number of carbonyl (C=O) groups is 2. The lowest BCUT2D eigenvalue weighted by molar-refractivity contribution is -0.150. The third-order valence-corrected chi connectivity index (χ3v) is 13.1. The Morgan fingerprint density at radius 2 is 1.71 bits per heavy atom. The lowest BCUT2D eigenvalue weighted by Gasteiger charge is -2.31. The Labute approximate surface area is 302 Å². The number of carbonyl (C=O) groups excluding carboxylic acids is 2. The zero-order chi connectivity index (χ0) is 36.8. The summed E-state index contributed by atoms with van der Waals surface area (Å²) in [5.41, 5.74) is 1.94. The molecule has 0 radical (unpaired) electrons. The van der Waals surface area contributed by atoms with E-state index >= 15 is 4.11 Å². The normalized spacial score (nSPS) is 21.2. The van der Waals surface area contributed by atoms with E-state index in [9.17, 15) is 19.5 Å². The van der Waals surface area contributed by atoms with E-state index in [4.69, 9.17) is 9.47 Å². The van der Waals surface area contributed by atoms with E-state index in [0.717, 1.165) is 16.6 Å². The van der Waals surface area contributed by atoms with Crippen LogP contribution in [0.3, 0.4) is 0 Å². The van der Waals surface area contributed by atoms with Gasteiger partial charge in [0.1, 0.15) is 5.75 Å². The van der Waals surface area contributed by atoms with Crippen molar-refractivity contribution in [2.75, 3.05) is 25.2 Å². The van der Waals surface area contributed by atoms with Crippen molar-refractivity contribution in [1.29, 1.82) is 0 Å². The van der Waals surface area contributed by atoms with Crippen molar-refractivity contribution in [2.24, 2.45) is 5.92 Å². The molecule has 4 aromatic carbocycles. The second-order valence-electron chi connectivity index (χ2n) is 14.2. The first-order valence-electron chi connectivity index (χ1n) is 17.5. The first kappa shape index (κ1) is 35.4. The number of H-pyrrole nitrogens is 1. The van der Waals surface area contributed by atoms with Crippen LogP contribution in [0.4, 0.5) is 9.80 Å². The Kier molecular flexibility index (Phi) is 9.40. The van der Waals surface area contributed by atoms with Crippen LogP contribution in [0.2, 0.25) is 18.6 Å². The highest BCUT2D eigenvalue weighted by Crippen LogP contribution is 2.60. The molecule has 0 aliphatic carbocycles. The number of fused-ring (bicyclic) bond motifs is 3. The number of aliphatic hydroxyl groups excluding tert-OH is 1. The number of rotatable bonds is 11. The van der Waals surface area contributed by atoms with E-state index in [2.05, 4.69) is 5.10 Å². The van der Waals surface area contributed by atoms with Crippen molar-refractivity contribution in [3.63, 3.8) is 0 Å². The number of aromatic amines is 1. The first-order valence-corrected chi connectivity index (χ1v) is 20.5. The predicted molar refractivity (Wildman–Crippen MR) is 200 cm³/mol. The molecule has 3 heterocycles. The smallest absolute Gasteiger partial charge is 0.279 e. The number of amides is 2. The number of aromatic nitrogens is 2. The number of anilines is 1. The number of nitrogens with zero attached hydrogens (tertiary/aromatic N) is 3. The molecule has 5 aromatic rings. The molecule has 1 fully saturated rings. The second kappa shape index (κ2) is 13.8. The van der Waals surface area contributed by atoms with E-state index in [1.54, 1.807) is 48.2 Å². The van der Waals surface area contributed by atoms with Gasteiger partial charge in [0.15, 0.2) is 5.60 Å². The predicted octanol–water partition coefficient (Wildman–Crippen LogP) is 6.06. The van der Waals surface area contributed by atoms with E-state index < -0.39 is 31.6 Å². The Bertz CT molecular complexity index is 2170. The second-order valence-corrected chi connectivity index (χ2v) is 18.0. The standard InChI is InChI=1S/C40H43FN4O6Si/c1-26-37(52(3,4)41)35(23-36(47)43(20-21-46)24-27-10-6-5-7-11-27)51-40(26)32-22-30(50-2)18-19-34(32)44(39(40)49)25-28-14-16-29(17-15-28)45-38(48)31-12-8-9-13-33(31)42-45/h5-19,22,26,35,37,42,46H,20-21,23-25H2,1-4H3/t26-,35+,37-,40+/m0/s1. The van der Waals surface area contributed by atoms with Gasteiger partial charge in [0, 0.05) is 30.1 Å². The van der Waals surface area contributed by atoms with E-state index in [0.29, 0.717) is 28.1 Å². The van der Waals surface area contributed by atoms with Crippen LogP contribution >= 0.6 is 0 Å². The summed E-state index contributed by atoms with van der Waals surface area (Å²) in [7, 11) is -1.99. The van der Waals surface area contributed by atoms with Crippen LogP contribution in [0.5, 0.6) is 5.75 Å². The summed E-state index contributed by atoms with van der Waals surface area (Å²) in [4.78, 5) is 45.1. The number of ether oxygens (including phenoxy) is 2. The van der Waals surface area contributed by atoms with Crippen LogP contribution in [0.1, 0.15) is 30.0 Å². The maximum atomic E-state index is 16.5. The molecule has 1 aromatic heterocycles. The number of halogens is 1. The van der Waals surface area contributed by atoms with Crippen LogP contribution in [0.15, 0.2) is 102 Å². The van der Waals surface area contributed by atoms with Crippen molar-refractivity contribution in [3.05, 3.63) is 124 Å². The van der Waals surface area contributed by atoms with Crippen molar-refractivity contribution >= 4 is 36.8 Å². The van der Waals surface area contributed by atoms with Gasteiger partial charge in [0.25, 0.3) is 11.5 Å². The molecule has 10 nitrogen and oxygen atoms in total. The van der Waals surface area contributed by atoms with Gasteiger partial charge in [-0.05, 0) is 66.7 Å².